The van der Waals surface area contributed by atoms with Crippen LogP contribution >= 0.6 is 0 Å². The Morgan fingerprint density at radius 3 is 2.52 bits per heavy atom. The molecule has 1 atom stereocenters. The van der Waals surface area contributed by atoms with Crippen molar-refractivity contribution >= 4 is 22.5 Å². The minimum atomic E-state index is -0.554. The summed E-state index contributed by atoms with van der Waals surface area (Å²) in [6.45, 7) is 4.08. The van der Waals surface area contributed by atoms with Crippen molar-refractivity contribution in [1.29, 1.82) is 0 Å². The van der Waals surface area contributed by atoms with Gasteiger partial charge in [-0.2, -0.15) is 0 Å². The van der Waals surface area contributed by atoms with Crippen LogP contribution in [0, 0.1) is 0 Å². The molecule has 0 fully saturated rings. The van der Waals surface area contributed by atoms with E-state index in [2.05, 4.69) is 10.3 Å². The lowest BCUT2D eigenvalue weighted by Crippen LogP contribution is -2.22. The van der Waals surface area contributed by atoms with E-state index in [-0.39, 0.29) is 18.8 Å². The van der Waals surface area contributed by atoms with Gasteiger partial charge in [0, 0.05) is 23.7 Å². The van der Waals surface area contributed by atoms with Crippen molar-refractivity contribution in [3.63, 3.8) is 0 Å². The molecule has 3 aromatic rings. The SMILES string of the molecule is CC(C)Oc1ccc([C@@H](CN)Nc2c(CO)cnc3c(C(N)=O)cccc23)cc1. The molecule has 0 saturated carbocycles. The number of aliphatic hydroxyl groups excluding tert-OH is 1. The van der Waals surface area contributed by atoms with Crippen molar-refractivity contribution in [1.82, 2.24) is 4.98 Å². The molecule has 0 aliphatic carbocycles. The van der Waals surface area contributed by atoms with Crippen molar-refractivity contribution < 1.29 is 14.6 Å². The monoisotopic (exact) mass is 394 g/mol. The van der Waals surface area contributed by atoms with Crippen molar-refractivity contribution in [3.8, 4) is 5.75 Å². The maximum absolute atomic E-state index is 11.8. The third-order valence-corrected chi connectivity index (χ3v) is 4.62. The first kappa shape index (κ1) is 20.6. The number of anilines is 1. The van der Waals surface area contributed by atoms with Gasteiger partial charge in [0.05, 0.1) is 35.5 Å². The molecule has 0 aliphatic heterocycles. The number of para-hydroxylation sites is 1. The summed E-state index contributed by atoms with van der Waals surface area (Å²) in [6.07, 6.45) is 1.64. The number of carbonyl (C=O) groups is 1. The van der Waals surface area contributed by atoms with Crippen LogP contribution in [0.2, 0.25) is 0 Å². The third kappa shape index (κ3) is 4.47. The third-order valence-electron chi connectivity index (χ3n) is 4.62. The molecule has 7 heteroatoms. The fraction of sp³-hybridized carbons (Fsp3) is 0.273. The maximum atomic E-state index is 11.8. The number of nitrogens with one attached hydrogen (secondary N) is 1. The Balaban J connectivity index is 2.00. The first-order valence-electron chi connectivity index (χ1n) is 9.49. The number of ether oxygens (including phenoxy) is 1. The van der Waals surface area contributed by atoms with Gasteiger partial charge in [-0.25, -0.2) is 0 Å². The molecule has 2 aromatic carbocycles. The minimum Gasteiger partial charge on any atom is -0.491 e. The normalized spacial score (nSPS) is 12.2. The number of nitrogens with zero attached hydrogens (tertiary/aromatic N) is 1. The lowest BCUT2D eigenvalue weighted by Gasteiger charge is -2.22. The molecule has 0 spiro atoms. The van der Waals surface area contributed by atoms with Crippen molar-refractivity contribution in [2.45, 2.75) is 32.6 Å². The summed E-state index contributed by atoms with van der Waals surface area (Å²) >= 11 is 0. The highest BCUT2D eigenvalue weighted by atomic mass is 16.5. The smallest absolute Gasteiger partial charge is 0.250 e. The number of pyridine rings is 1. The molecular formula is C22H26N4O3. The Morgan fingerprint density at radius 2 is 1.93 bits per heavy atom. The number of aromatic nitrogens is 1. The van der Waals surface area contributed by atoms with Crippen LogP contribution in [0.5, 0.6) is 5.75 Å². The number of carbonyl (C=O) groups excluding carboxylic acids is 1. The summed E-state index contributed by atoms with van der Waals surface area (Å²) in [5.41, 5.74) is 14.6. The summed E-state index contributed by atoms with van der Waals surface area (Å²) in [5, 5.41) is 13.9. The van der Waals surface area contributed by atoms with Crippen LogP contribution in [-0.2, 0) is 6.61 Å². The first-order valence-corrected chi connectivity index (χ1v) is 9.49. The first-order chi connectivity index (χ1) is 13.9. The van der Waals surface area contributed by atoms with Gasteiger partial charge >= 0.3 is 0 Å². The van der Waals surface area contributed by atoms with Gasteiger partial charge in [0.15, 0.2) is 0 Å². The summed E-state index contributed by atoms with van der Waals surface area (Å²) in [7, 11) is 0. The Kier molecular flexibility index (Phi) is 6.31. The summed E-state index contributed by atoms with van der Waals surface area (Å²) in [4.78, 5) is 16.1. The quantitative estimate of drug-likeness (QED) is 0.466. The topological polar surface area (TPSA) is 123 Å². The molecule has 0 bridgehead atoms. The molecule has 0 radical (unpaired) electrons. The van der Waals surface area contributed by atoms with Crippen molar-refractivity contribution in [2.24, 2.45) is 11.5 Å². The van der Waals surface area contributed by atoms with E-state index >= 15 is 0 Å². The molecule has 1 aromatic heterocycles. The maximum Gasteiger partial charge on any atom is 0.250 e. The Hall–Kier alpha value is -3.16. The van der Waals surface area contributed by atoms with Crippen LogP contribution in [0.1, 0.15) is 41.4 Å². The van der Waals surface area contributed by atoms with E-state index < -0.39 is 5.91 Å². The number of amides is 1. The van der Waals surface area contributed by atoms with Gasteiger partial charge in [-0.05, 0) is 37.6 Å². The number of fused-ring (bicyclic) bond motifs is 1. The average molecular weight is 394 g/mol. The highest BCUT2D eigenvalue weighted by molar-refractivity contribution is 6.08. The van der Waals surface area contributed by atoms with E-state index in [1.54, 1.807) is 18.3 Å². The molecule has 1 amide bonds. The van der Waals surface area contributed by atoms with Crippen LogP contribution in [0.4, 0.5) is 5.69 Å². The zero-order valence-corrected chi connectivity index (χ0v) is 16.6. The molecule has 29 heavy (non-hydrogen) atoms. The number of aliphatic hydroxyl groups is 1. The lowest BCUT2D eigenvalue weighted by molar-refractivity contribution is 0.100. The summed E-state index contributed by atoms with van der Waals surface area (Å²) in [6, 6.07) is 12.7. The molecular weight excluding hydrogens is 368 g/mol. The highest BCUT2D eigenvalue weighted by Gasteiger charge is 2.17. The highest BCUT2D eigenvalue weighted by Crippen LogP contribution is 2.31. The minimum absolute atomic E-state index is 0.0963. The van der Waals surface area contributed by atoms with E-state index in [1.165, 1.54) is 0 Å². The zero-order chi connectivity index (χ0) is 21.0. The van der Waals surface area contributed by atoms with Gasteiger partial charge < -0.3 is 26.6 Å². The molecule has 6 N–H and O–H groups in total. The van der Waals surface area contributed by atoms with E-state index in [9.17, 15) is 9.90 Å². The molecule has 0 unspecified atom stereocenters. The fourth-order valence-electron chi connectivity index (χ4n) is 3.26. The van der Waals surface area contributed by atoms with Crippen molar-refractivity contribution in [3.05, 3.63) is 65.4 Å². The van der Waals surface area contributed by atoms with Gasteiger partial charge in [-0.15, -0.1) is 0 Å². The van der Waals surface area contributed by atoms with Crippen LogP contribution < -0.4 is 21.5 Å². The van der Waals surface area contributed by atoms with E-state index in [4.69, 9.17) is 16.2 Å². The number of hydrogen-bond donors (Lipinski definition) is 4. The summed E-state index contributed by atoms with van der Waals surface area (Å²) < 4.78 is 5.69. The van der Waals surface area contributed by atoms with Gasteiger partial charge in [0.2, 0.25) is 0 Å². The molecule has 0 aliphatic rings. The molecule has 7 nitrogen and oxygen atoms in total. The Bertz CT molecular complexity index is 1000. The van der Waals surface area contributed by atoms with Crippen LogP contribution in [0.3, 0.4) is 0 Å². The number of hydrogen-bond acceptors (Lipinski definition) is 6. The largest absolute Gasteiger partial charge is 0.491 e. The number of primary amides is 1. The van der Waals surface area contributed by atoms with Crippen LogP contribution in [0.25, 0.3) is 10.9 Å². The lowest BCUT2D eigenvalue weighted by atomic mass is 10.0. The number of benzene rings is 2. The molecule has 1 heterocycles. The molecule has 0 saturated heterocycles. The standard InChI is InChI=1S/C22H26N4O3/c1-13(2)29-16-8-6-14(7-9-16)19(10-23)26-20-15(12-27)11-25-21-17(20)4-3-5-18(21)22(24)28/h3-9,11,13,19,27H,10,12,23H2,1-2H3,(H2,24,28)(H,25,26)/t19-/m1/s1. The predicted octanol–water partition coefficient (Wildman–Crippen LogP) is 2.73. The van der Waals surface area contributed by atoms with E-state index in [0.29, 0.717) is 34.3 Å². The summed E-state index contributed by atoms with van der Waals surface area (Å²) in [5.74, 6) is 0.234. The second kappa shape index (κ2) is 8.89. The van der Waals surface area contributed by atoms with E-state index in [0.717, 1.165) is 11.3 Å². The van der Waals surface area contributed by atoms with Gasteiger partial charge in [0.25, 0.3) is 5.91 Å². The second-order valence-electron chi connectivity index (χ2n) is 7.05. The average Bonchev–Trinajstić information content (AvgIpc) is 2.71. The van der Waals surface area contributed by atoms with Crippen LogP contribution in [0.15, 0.2) is 48.7 Å². The second-order valence-corrected chi connectivity index (χ2v) is 7.05. The Morgan fingerprint density at radius 1 is 1.21 bits per heavy atom. The molecule has 152 valence electrons. The molecule has 3 rings (SSSR count). The zero-order valence-electron chi connectivity index (χ0n) is 16.6. The van der Waals surface area contributed by atoms with Gasteiger partial charge in [0.1, 0.15) is 5.75 Å². The van der Waals surface area contributed by atoms with Gasteiger partial charge in [-0.3, -0.25) is 9.78 Å². The predicted molar refractivity (Wildman–Crippen MR) is 114 cm³/mol. The van der Waals surface area contributed by atoms with Crippen LogP contribution in [-0.4, -0.2) is 28.6 Å². The fourth-order valence-corrected chi connectivity index (χ4v) is 3.26. The number of rotatable bonds is 8. The number of nitrogens with two attached hydrogens (primary N) is 2. The van der Waals surface area contributed by atoms with E-state index in [1.807, 2.05) is 44.2 Å². The van der Waals surface area contributed by atoms with Crippen molar-refractivity contribution in [2.75, 3.05) is 11.9 Å². The Labute approximate surface area is 169 Å². The van der Waals surface area contributed by atoms with Gasteiger partial charge in [-0.1, -0.05) is 24.3 Å².